The molecule has 1 aromatic rings. The van der Waals surface area contributed by atoms with Gasteiger partial charge in [-0.3, -0.25) is 4.90 Å². The Labute approximate surface area is 199 Å². The van der Waals surface area contributed by atoms with Gasteiger partial charge in [-0.05, 0) is 89.8 Å². The summed E-state index contributed by atoms with van der Waals surface area (Å²) in [5, 5.41) is 15.4. The predicted molar refractivity (Wildman–Crippen MR) is 130 cm³/mol. The van der Waals surface area contributed by atoms with Crippen LogP contribution in [0.5, 0.6) is 0 Å². The van der Waals surface area contributed by atoms with Gasteiger partial charge in [0.2, 0.25) is 0 Å². The second-order valence-electron chi connectivity index (χ2n) is 10.3. The van der Waals surface area contributed by atoms with Gasteiger partial charge in [-0.25, -0.2) is 8.78 Å². The van der Waals surface area contributed by atoms with Crippen molar-refractivity contribution >= 4 is 0 Å². The molecule has 1 heterocycles. The van der Waals surface area contributed by atoms with Gasteiger partial charge in [-0.1, -0.05) is 18.2 Å². The summed E-state index contributed by atoms with van der Waals surface area (Å²) in [5.41, 5.74) is -0.755. The molecule has 1 saturated heterocycles. The van der Waals surface area contributed by atoms with E-state index < -0.39 is 11.8 Å². The molecule has 2 fully saturated rings. The summed E-state index contributed by atoms with van der Waals surface area (Å²) in [5.74, 6) is 0.223. The van der Waals surface area contributed by atoms with Gasteiger partial charge in [-0.2, -0.15) is 0 Å². The summed E-state index contributed by atoms with van der Waals surface area (Å²) < 4.78 is 33.7. The first-order valence-corrected chi connectivity index (χ1v) is 13.0. The third-order valence-electron chi connectivity index (χ3n) is 7.96. The fraction of sp³-hybridized carbons (Fsp3) is 0.778. The van der Waals surface area contributed by atoms with Crippen molar-refractivity contribution < 1.29 is 18.6 Å². The van der Waals surface area contributed by atoms with Crippen molar-refractivity contribution in [2.45, 2.75) is 82.0 Å². The molecule has 2 aliphatic rings. The highest BCUT2D eigenvalue weighted by Gasteiger charge is 2.43. The minimum atomic E-state index is -1.19. The maximum absolute atomic E-state index is 14.9. The monoisotopic (exact) mass is 466 g/mol. The number of unbranched alkanes of at least 4 members (excludes halogenated alkanes) is 1. The first-order valence-electron chi connectivity index (χ1n) is 13.0. The molecule has 2 N–H and O–H groups in total. The van der Waals surface area contributed by atoms with Gasteiger partial charge in [0, 0.05) is 44.3 Å². The molecule has 1 aliphatic carbocycles. The van der Waals surface area contributed by atoms with E-state index in [4.69, 9.17) is 4.74 Å². The van der Waals surface area contributed by atoms with Crippen LogP contribution < -0.4 is 5.32 Å². The van der Waals surface area contributed by atoms with Crippen LogP contribution in [0.2, 0.25) is 0 Å². The first kappa shape index (κ1) is 26.5. The zero-order valence-corrected chi connectivity index (χ0v) is 20.6. The SMILES string of the molecule is CNCC(CC1CCC(F)CC1)N1CCCC([C@@](O)(CCCCOC)c2ccccc2F)C1. The van der Waals surface area contributed by atoms with E-state index >= 15 is 0 Å². The van der Waals surface area contributed by atoms with E-state index in [1.807, 2.05) is 13.1 Å². The molecule has 3 atom stereocenters. The van der Waals surface area contributed by atoms with Crippen LogP contribution in [0.3, 0.4) is 0 Å². The average molecular weight is 467 g/mol. The van der Waals surface area contributed by atoms with E-state index in [0.717, 1.165) is 64.6 Å². The molecule has 0 amide bonds. The molecule has 2 unspecified atom stereocenters. The van der Waals surface area contributed by atoms with E-state index in [2.05, 4.69) is 10.2 Å². The fourth-order valence-corrected chi connectivity index (χ4v) is 6.08. The molecular weight excluding hydrogens is 422 g/mol. The average Bonchev–Trinajstić information content (AvgIpc) is 2.83. The molecule has 1 aliphatic heterocycles. The van der Waals surface area contributed by atoms with Gasteiger partial charge >= 0.3 is 0 Å². The lowest BCUT2D eigenvalue weighted by molar-refractivity contribution is -0.0712. The third-order valence-corrected chi connectivity index (χ3v) is 7.96. The molecule has 0 aromatic heterocycles. The number of hydrogen-bond acceptors (Lipinski definition) is 4. The zero-order chi connectivity index (χ0) is 23.7. The summed E-state index contributed by atoms with van der Waals surface area (Å²) in [6.07, 6.45) is 7.82. The summed E-state index contributed by atoms with van der Waals surface area (Å²) in [6.45, 7) is 3.29. The van der Waals surface area contributed by atoms with Gasteiger partial charge in [0.1, 0.15) is 12.0 Å². The number of aliphatic hydroxyl groups is 1. The lowest BCUT2D eigenvalue weighted by Crippen LogP contribution is -2.52. The van der Waals surface area contributed by atoms with Crippen LogP contribution in [0.25, 0.3) is 0 Å². The molecule has 0 radical (unpaired) electrons. The highest BCUT2D eigenvalue weighted by molar-refractivity contribution is 5.26. The van der Waals surface area contributed by atoms with Crippen LogP contribution >= 0.6 is 0 Å². The topological polar surface area (TPSA) is 44.7 Å². The Hall–Kier alpha value is -1.08. The van der Waals surface area contributed by atoms with E-state index in [1.54, 1.807) is 19.2 Å². The molecule has 6 heteroatoms. The number of ether oxygens (including phenoxy) is 1. The minimum Gasteiger partial charge on any atom is -0.385 e. The van der Waals surface area contributed by atoms with Crippen molar-refractivity contribution in [1.29, 1.82) is 0 Å². The zero-order valence-electron chi connectivity index (χ0n) is 20.6. The molecule has 188 valence electrons. The number of methoxy groups -OCH3 is 1. The van der Waals surface area contributed by atoms with Gasteiger partial charge < -0.3 is 15.2 Å². The quantitative estimate of drug-likeness (QED) is 0.423. The number of nitrogens with one attached hydrogen (secondary N) is 1. The molecule has 33 heavy (non-hydrogen) atoms. The van der Waals surface area contributed by atoms with Crippen LogP contribution in [-0.4, -0.2) is 62.6 Å². The molecule has 3 rings (SSSR count). The number of alkyl halides is 1. The third kappa shape index (κ3) is 7.20. The van der Waals surface area contributed by atoms with Crippen LogP contribution in [0.4, 0.5) is 8.78 Å². The van der Waals surface area contributed by atoms with Crippen molar-refractivity contribution in [3.8, 4) is 0 Å². The number of nitrogens with zero attached hydrogens (tertiary/aromatic N) is 1. The minimum absolute atomic E-state index is 0.0216. The van der Waals surface area contributed by atoms with Crippen LogP contribution in [0, 0.1) is 17.7 Å². The Balaban J connectivity index is 1.74. The van der Waals surface area contributed by atoms with Crippen molar-refractivity contribution in [2.75, 3.05) is 40.4 Å². The standard InChI is InChI=1S/C27H44F2N2O2/c1-30-19-24(18-21-11-13-23(28)14-12-21)31-16-7-8-22(20-31)27(32,15-5-6-17-33-2)25-9-3-4-10-26(25)29/h3-4,9-10,21-24,30,32H,5-8,11-20H2,1-2H3/t21?,22?,23?,24?,27-/m0/s1. The van der Waals surface area contributed by atoms with Crippen molar-refractivity contribution in [3.05, 3.63) is 35.6 Å². The fourth-order valence-electron chi connectivity index (χ4n) is 6.08. The first-order chi connectivity index (χ1) is 16.0. The molecule has 1 aromatic carbocycles. The van der Waals surface area contributed by atoms with Crippen LogP contribution in [-0.2, 0) is 10.3 Å². The second-order valence-corrected chi connectivity index (χ2v) is 10.3. The number of piperidine rings is 1. The van der Waals surface area contributed by atoms with Crippen LogP contribution in [0.15, 0.2) is 24.3 Å². The Kier molecular flexibility index (Phi) is 10.6. The Morgan fingerprint density at radius 3 is 2.64 bits per heavy atom. The molecule has 4 nitrogen and oxygen atoms in total. The molecular formula is C27H44F2N2O2. The Bertz CT molecular complexity index is 698. The maximum atomic E-state index is 14.9. The normalized spacial score (nSPS) is 27.2. The van der Waals surface area contributed by atoms with E-state index in [1.165, 1.54) is 6.07 Å². The number of rotatable bonds is 12. The number of likely N-dealkylation sites (N-methyl/N-ethyl adjacent to an activating group) is 1. The Morgan fingerprint density at radius 1 is 1.18 bits per heavy atom. The van der Waals surface area contributed by atoms with Gasteiger partial charge in [0.15, 0.2) is 0 Å². The summed E-state index contributed by atoms with van der Waals surface area (Å²) in [6, 6.07) is 7.08. The smallest absolute Gasteiger partial charge is 0.129 e. The molecule has 0 bridgehead atoms. The largest absolute Gasteiger partial charge is 0.385 e. The lowest BCUT2D eigenvalue weighted by Gasteiger charge is -2.46. The maximum Gasteiger partial charge on any atom is 0.129 e. The highest BCUT2D eigenvalue weighted by atomic mass is 19.1. The number of benzene rings is 1. The molecule has 1 saturated carbocycles. The van der Waals surface area contributed by atoms with E-state index in [-0.39, 0.29) is 11.7 Å². The van der Waals surface area contributed by atoms with Gasteiger partial charge in [0.05, 0.1) is 5.60 Å². The van der Waals surface area contributed by atoms with E-state index in [9.17, 15) is 13.9 Å². The molecule has 0 spiro atoms. The predicted octanol–water partition coefficient (Wildman–Crippen LogP) is 5.05. The van der Waals surface area contributed by atoms with Crippen LogP contribution in [0.1, 0.15) is 69.8 Å². The summed E-state index contributed by atoms with van der Waals surface area (Å²) >= 11 is 0. The highest BCUT2D eigenvalue weighted by Crippen LogP contribution is 2.41. The van der Waals surface area contributed by atoms with Gasteiger partial charge in [-0.15, -0.1) is 0 Å². The Morgan fingerprint density at radius 2 is 1.94 bits per heavy atom. The number of hydrogen-bond donors (Lipinski definition) is 2. The van der Waals surface area contributed by atoms with Crippen molar-refractivity contribution in [2.24, 2.45) is 11.8 Å². The number of likely N-dealkylation sites (tertiary alicyclic amines) is 1. The summed E-state index contributed by atoms with van der Waals surface area (Å²) in [4.78, 5) is 2.51. The van der Waals surface area contributed by atoms with Gasteiger partial charge in [0.25, 0.3) is 0 Å². The lowest BCUT2D eigenvalue weighted by atomic mass is 9.73. The van der Waals surface area contributed by atoms with Crippen molar-refractivity contribution in [3.63, 3.8) is 0 Å². The second kappa shape index (κ2) is 13.1. The summed E-state index contributed by atoms with van der Waals surface area (Å²) in [7, 11) is 3.67. The van der Waals surface area contributed by atoms with E-state index in [0.29, 0.717) is 43.4 Å². The number of halogens is 2. The van der Waals surface area contributed by atoms with Crippen molar-refractivity contribution in [1.82, 2.24) is 10.2 Å².